The summed E-state index contributed by atoms with van der Waals surface area (Å²) in [6.07, 6.45) is -4.91. The SMILES string of the molecule is COc1ccc(C)cc1S(=O)(=O)N[C@H](Cc1ccccc1)C(=O)Nc1ccc(Cl)cc1C(F)(F)F. The predicted octanol–water partition coefficient (Wildman–Crippen LogP) is 5.20. The third-order valence-corrected chi connectivity index (χ3v) is 6.78. The van der Waals surface area contributed by atoms with Crippen LogP contribution < -0.4 is 14.8 Å². The second-order valence-corrected chi connectivity index (χ2v) is 9.81. The lowest BCUT2D eigenvalue weighted by Crippen LogP contribution is -2.45. The molecule has 1 amide bonds. The molecule has 0 saturated carbocycles. The molecule has 0 spiro atoms. The Morgan fingerprint density at radius 3 is 2.37 bits per heavy atom. The van der Waals surface area contributed by atoms with Crippen molar-refractivity contribution in [3.05, 3.63) is 88.4 Å². The molecule has 11 heteroatoms. The summed E-state index contributed by atoms with van der Waals surface area (Å²) in [5.41, 5.74) is -0.470. The number of hydrogen-bond donors (Lipinski definition) is 2. The maximum absolute atomic E-state index is 13.5. The van der Waals surface area contributed by atoms with Crippen LogP contribution in [0.5, 0.6) is 5.75 Å². The van der Waals surface area contributed by atoms with Gasteiger partial charge in [0.05, 0.1) is 18.4 Å². The lowest BCUT2D eigenvalue weighted by Gasteiger charge is -2.21. The Balaban J connectivity index is 1.98. The van der Waals surface area contributed by atoms with Gasteiger partial charge in [-0.3, -0.25) is 4.79 Å². The molecule has 2 N–H and O–H groups in total. The van der Waals surface area contributed by atoms with Crippen molar-refractivity contribution >= 4 is 33.2 Å². The molecule has 3 aromatic carbocycles. The van der Waals surface area contributed by atoms with E-state index in [9.17, 15) is 26.4 Å². The lowest BCUT2D eigenvalue weighted by molar-refractivity contribution is -0.137. The van der Waals surface area contributed by atoms with E-state index in [4.69, 9.17) is 16.3 Å². The normalized spacial score (nSPS) is 12.7. The number of carbonyl (C=O) groups is 1. The molecule has 1 atom stereocenters. The smallest absolute Gasteiger partial charge is 0.418 e. The molecule has 0 aliphatic carbocycles. The first-order valence-electron chi connectivity index (χ1n) is 10.3. The second kappa shape index (κ2) is 10.7. The van der Waals surface area contributed by atoms with Gasteiger partial charge in [-0.2, -0.15) is 17.9 Å². The van der Waals surface area contributed by atoms with E-state index < -0.39 is 39.4 Å². The molecule has 0 bridgehead atoms. The Bertz CT molecular complexity index is 1320. The van der Waals surface area contributed by atoms with Crippen molar-refractivity contribution in [3.63, 3.8) is 0 Å². The van der Waals surface area contributed by atoms with Gasteiger partial charge in [-0.1, -0.05) is 48.0 Å². The number of halogens is 4. The maximum Gasteiger partial charge on any atom is 0.418 e. The Kier molecular flexibility index (Phi) is 8.09. The lowest BCUT2D eigenvalue weighted by atomic mass is 10.1. The van der Waals surface area contributed by atoms with Gasteiger partial charge in [-0.25, -0.2) is 8.42 Å². The van der Waals surface area contributed by atoms with E-state index >= 15 is 0 Å². The zero-order chi connectivity index (χ0) is 25.8. The van der Waals surface area contributed by atoms with Gasteiger partial charge < -0.3 is 10.1 Å². The highest BCUT2D eigenvalue weighted by Gasteiger charge is 2.35. The van der Waals surface area contributed by atoms with Crippen molar-refractivity contribution in [2.75, 3.05) is 12.4 Å². The molecule has 35 heavy (non-hydrogen) atoms. The van der Waals surface area contributed by atoms with E-state index in [-0.39, 0.29) is 22.1 Å². The first-order valence-corrected chi connectivity index (χ1v) is 12.2. The molecular formula is C24H22ClF3N2O4S. The molecule has 0 saturated heterocycles. The minimum absolute atomic E-state index is 0.0547. The van der Waals surface area contributed by atoms with E-state index in [1.807, 2.05) is 0 Å². The first-order chi connectivity index (χ1) is 16.4. The van der Waals surface area contributed by atoms with Gasteiger partial charge in [0.1, 0.15) is 16.7 Å². The molecule has 0 aliphatic heterocycles. The monoisotopic (exact) mass is 526 g/mol. The van der Waals surface area contributed by atoms with Crippen LogP contribution in [-0.4, -0.2) is 27.5 Å². The number of amides is 1. The Morgan fingerprint density at radius 1 is 1.06 bits per heavy atom. The topological polar surface area (TPSA) is 84.5 Å². The van der Waals surface area contributed by atoms with E-state index in [1.165, 1.54) is 25.3 Å². The van der Waals surface area contributed by atoms with Crippen molar-refractivity contribution in [1.29, 1.82) is 0 Å². The Labute approximate surface area is 206 Å². The number of anilines is 1. The summed E-state index contributed by atoms with van der Waals surface area (Å²) in [7, 11) is -3.00. The highest BCUT2D eigenvalue weighted by atomic mass is 35.5. The van der Waals surface area contributed by atoms with Crippen LogP contribution >= 0.6 is 11.6 Å². The van der Waals surface area contributed by atoms with Crippen molar-refractivity contribution < 1.29 is 31.1 Å². The number of aryl methyl sites for hydroxylation is 1. The van der Waals surface area contributed by atoms with E-state index in [0.717, 1.165) is 6.07 Å². The molecule has 0 heterocycles. The quantitative estimate of drug-likeness (QED) is 0.422. The summed E-state index contributed by atoms with van der Waals surface area (Å²) in [4.78, 5) is 12.9. The summed E-state index contributed by atoms with van der Waals surface area (Å²) in [6.45, 7) is 1.69. The third-order valence-electron chi connectivity index (χ3n) is 5.05. The van der Waals surface area contributed by atoms with Crippen LogP contribution in [0.1, 0.15) is 16.7 Å². The molecule has 0 radical (unpaired) electrons. The molecule has 186 valence electrons. The number of sulfonamides is 1. The number of carbonyl (C=O) groups excluding carboxylic acids is 1. The van der Waals surface area contributed by atoms with Gasteiger partial charge in [0, 0.05) is 5.02 Å². The van der Waals surface area contributed by atoms with Crippen LogP contribution in [0.4, 0.5) is 18.9 Å². The predicted molar refractivity (Wildman–Crippen MR) is 127 cm³/mol. The molecule has 3 rings (SSSR count). The number of hydrogen-bond acceptors (Lipinski definition) is 4. The molecule has 0 aliphatic rings. The fraction of sp³-hybridized carbons (Fsp3) is 0.208. The summed E-state index contributed by atoms with van der Waals surface area (Å²) < 4.78 is 74.4. The van der Waals surface area contributed by atoms with Crippen LogP contribution in [0.15, 0.2) is 71.6 Å². The van der Waals surface area contributed by atoms with Crippen LogP contribution in [0.2, 0.25) is 5.02 Å². The number of ether oxygens (including phenoxy) is 1. The van der Waals surface area contributed by atoms with E-state index in [0.29, 0.717) is 17.2 Å². The summed E-state index contributed by atoms with van der Waals surface area (Å²) >= 11 is 5.71. The van der Waals surface area contributed by atoms with Gasteiger partial charge >= 0.3 is 6.18 Å². The van der Waals surface area contributed by atoms with Crippen LogP contribution in [0.25, 0.3) is 0 Å². The van der Waals surface area contributed by atoms with Crippen molar-refractivity contribution in [2.24, 2.45) is 0 Å². The first kappa shape index (κ1) is 26.5. The van der Waals surface area contributed by atoms with Gasteiger partial charge in [0.25, 0.3) is 0 Å². The van der Waals surface area contributed by atoms with Crippen LogP contribution in [-0.2, 0) is 27.4 Å². The summed E-state index contributed by atoms with van der Waals surface area (Å²) in [5.74, 6) is -0.920. The Morgan fingerprint density at radius 2 is 1.74 bits per heavy atom. The molecule has 6 nitrogen and oxygen atoms in total. The minimum Gasteiger partial charge on any atom is -0.495 e. The number of methoxy groups -OCH3 is 1. The molecule has 0 fully saturated rings. The van der Waals surface area contributed by atoms with Gasteiger partial charge in [0.2, 0.25) is 15.9 Å². The minimum atomic E-state index is -4.79. The van der Waals surface area contributed by atoms with Gasteiger partial charge in [0.15, 0.2) is 0 Å². The van der Waals surface area contributed by atoms with E-state index in [2.05, 4.69) is 10.0 Å². The van der Waals surface area contributed by atoms with E-state index in [1.54, 1.807) is 43.3 Å². The fourth-order valence-electron chi connectivity index (χ4n) is 3.36. The fourth-order valence-corrected chi connectivity index (χ4v) is 4.98. The zero-order valence-corrected chi connectivity index (χ0v) is 20.3. The molecular weight excluding hydrogens is 505 g/mol. The van der Waals surface area contributed by atoms with Crippen LogP contribution in [0, 0.1) is 6.92 Å². The van der Waals surface area contributed by atoms with Crippen molar-refractivity contribution in [2.45, 2.75) is 30.5 Å². The highest BCUT2D eigenvalue weighted by molar-refractivity contribution is 7.89. The van der Waals surface area contributed by atoms with Crippen molar-refractivity contribution in [3.8, 4) is 5.75 Å². The van der Waals surface area contributed by atoms with Crippen molar-refractivity contribution in [1.82, 2.24) is 4.72 Å². The standard InChI is InChI=1S/C24H22ClF3N2O4S/c1-15-8-11-21(34-2)22(12-15)35(32,33)30-20(13-16-6-4-3-5-7-16)23(31)29-19-10-9-17(25)14-18(19)24(26,27)28/h3-12,14,20,30H,13H2,1-2H3,(H,29,31)/t20-/m1/s1. The molecule has 3 aromatic rings. The van der Waals surface area contributed by atoms with Crippen LogP contribution in [0.3, 0.4) is 0 Å². The largest absolute Gasteiger partial charge is 0.495 e. The molecule has 0 aromatic heterocycles. The number of nitrogens with one attached hydrogen (secondary N) is 2. The summed E-state index contributed by atoms with van der Waals surface area (Å²) in [5, 5.41) is 2.04. The van der Waals surface area contributed by atoms with Gasteiger partial charge in [-0.05, 0) is 54.8 Å². The maximum atomic E-state index is 13.5. The zero-order valence-electron chi connectivity index (χ0n) is 18.7. The Hall–Kier alpha value is -3.08. The number of benzene rings is 3. The van der Waals surface area contributed by atoms with Gasteiger partial charge in [-0.15, -0.1) is 0 Å². The summed E-state index contributed by atoms with van der Waals surface area (Å²) in [6, 6.07) is 14.4. The average molecular weight is 527 g/mol. The average Bonchev–Trinajstić information content (AvgIpc) is 2.79. The third kappa shape index (κ3) is 6.74. The number of alkyl halides is 3. The second-order valence-electron chi connectivity index (χ2n) is 7.69. The number of rotatable bonds is 8. The molecule has 0 unspecified atom stereocenters. The highest BCUT2D eigenvalue weighted by Crippen LogP contribution is 2.36.